The maximum absolute atomic E-state index is 4.96. The fourth-order valence-electron chi connectivity index (χ4n) is 1.68. The molecular formula is C11H19N3OS. The van der Waals surface area contributed by atoms with Gasteiger partial charge in [-0.15, -0.1) is 21.5 Å². The van der Waals surface area contributed by atoms with Crippen LogP contribution in [0.2, 0.25) is 0 Å². The quantitative estimate of drug-likeness (QED) is 0.734. The number of nitrogens with zero attached hydrogens (tertiary/aromatic N) is 2. The van der Waals surface area contributed by atoms with Gasteiger partial charge in [0, 0.05) is 32.5 Å². The van der Waals surface area contributed by atoms with Gasteiger partial charge in [-0.1, -0.05) is 6.92 Å². The third kappa shape index (κ3) is 3.23. The molecule has 16 heavy (non-hydrogen) atoms. The molecule has 1 heterocycles. The van der Waals surface area contributed by atoms with Crippen molar-refractivity contribution < 1.29 is 4.74 Å². The van der Waals surface area contributed by atoms with Crippen LogP contribution in [-0.4, -0.2) is 37.0 Å². The maximum atomic E-state index is 4.96. The first-order chi connectivity index (χ1) is 7.81. The van der Waals surface area contributed by atoms with Crippen LogP contribution in [0.3, 0.4) is 0 Å². The van der Waals surface area contributed by atoms with E-state index in [-0.39, 0.29) is 0 Å². The van der Waals surface area contributed by atoms with Crippen molar-refractivity contribution in [1.82, 2.24) is 15.5 Å². The molecule has 2 unspecified atom stereocenters. The van der Waals surface area contributed by atoms with Crippen LogP contribution in [0, 0.1) is 5.92 Å². The third-order valence-electron chi connectivity index (χ3n) is 2.91. The molecule has 1 aliphatic carbocycles. The van der Waals surface area contributed by atoms with Crippen molar-refractivity contribution in [1.29, 1.82) is 0 Å². The smallest absolute Gasteiger partial charge is 0.120 e. The molecule has 4 nitrogen and oxygen atoms in total. The summed E-state index contributed by atoms with van der Waals surface area (Å²) in [5.74, 6) is 1.52. The second-order valence-corrected chi connectivity index (χ2v) is 5.44. The van der Waals surface area contributed by atoms with E-state index in [2.05, 4.69) is 22.4 Å². The Balaban J connectivity index is 1.67. The van der Waals surface area contributed by atoms with Crippen LogP contribution in [0.25, 0.3) is 0 Å². The van der Waals surface area contributed by atoms with Gasteiger partial charge >= 0.3 is 0 Å². The molecule has 0 amide bonds. The van der Waals surface area contributed by atoms with E-state index in [9.17, 15) is 0 Å². The number of hydrogen-bond donors (Lipinski definition) is 1. The molecule has 1 N–H and O–H groups in total. The molecule has 1 aromatic heterocycles. The van der Waals surface area contributed by atoms with Gasteiger partial charge in [0.2, 0.25) is 0 Å². The van der Waals surface area contributed by atoms with Gasteiger partial charge in [0.1, 0.15) is 10.0 Å². The van der Waals surface area contributed by atoms with Gasteiger partial charge in [-0.05, 0) is 12.3 Å². The summed E-state index contributed by atoms with van der Waals surface area (Å²) in [5, 5.41) is 14.2. The van der Waals surface area contributed by atoms with Crippen LogP contribution in [-0.2, 0) is 11.2 Å². The fourth-order valence-corrected chi connectivity index (χ4v) is 2.77. The first-order valence-electron chi connectivity index (χ1n) is 5.83. The average Bonchev–Trinajstić information content (AvgIpc) is 2.83. The van der Waals surface area contributed by atoms with Gasteiger partial charge < -0.3 is 10.1 Å². The van der Waals surface area contributed by atoms with Crippen molar-refractivity contribution in [3.8, 4) is 0 Å². The normalized spacial score (nSPS) is 23.6. The molecule has 0 saturated heterocycles. The predicted molar refractivity (Wildman–Crippen MR) is 64.9 cm³/mol. The summed E-state index contributed by atoms with van der Waals surface area (Å²) in [6.07, 6.45) is 2.27. The number of rotatable bonds is 7. The summed E-state index contributed by atoms with van der Waals surface area (Å²) in [4.78, 5) is 0. The van der Waals surface area contributed by atoms with Crippen LogP contribution in [0.1, 0.15) is 29.3 Å². The molecular weight excluding hydrogens is 222 g/mol. The maximum Gasteiger partial charge on any atom is 0.120 e. The number of nitrogens with one attached hydrogen (secondary N) is 1. The fraction of sp³-hybridized carbons (Fsp3) is 0.818. The largest absolute Gasteiger partial charge is 0.383 e. The minimum atomic E-state index is 0.702. The van der Waals surface area contributed by atoms with Crippen LogP contribution in [0.15, 0.2) is 0 Å². The van der Waals surface area contributed by atoms with Gasteiger partial charge in [0.05, 0.1) is 6.61 Å². The van der Waals surface area contributed by atoms with Gasteiger partial charge in [-0.25, -0.2) is 0 Å². The van der Waals surface area contributed by atoms with Crippen molar-refractivity contribution in [2.75, 3.05) is 26.8 Å². The van der Waals surface area contributed by atoms with Crippen molar-refractivity contribution in [3.05, 3.63) is 10.0 Å². The lowest BCUT2D eigenvalue weighted by Crippen LogP contribution is -2.21. The second kappa shape index (κ2) is 5.70. The lowest BCUT2D eigenvalue weighted by molar-refractivity contribution is 0.199. The second-order valence-electron chi connectivity index (χ2n) is 4.35. The summed E-state index contributed by atoms with van der Waals surface area (Å²) < 4.78 is 4.96. The minimum Gasteiger partial charge on any atom is -0.383 e. The minimum absolute atomic E-state index is 0.702. The summed E-state index contributed by atoms with van der Waals surface area (Å²) in [6, 6.07) is 0. The highest BCUT2D eigenvalue weighted by atomic mass is 32.1. The molecule has 0 bridgehead atoms. The lowest BCUT2D eigenvalue weighted by Gasteiger charge is -2.00. The highest BCUT2D eigenvalue weighted by Gasteiger charge is 2.36. The van der Waals surface area contributed by atoms with E-state index in [1.54, 1.807) is 18.4 Å². The number of aromatic nitrogens is 2. The molecule has 1 aromatic rings. The Morgan fingerprint density at radius 3 is 2.94 bits per heavy atom. The lowest BCUT2D eigenvalue weighted by atomic mass is 10.4. The van der Waals surface area contributed by atoms with Crippen molar-refractivity contribution in [2.45, 2.75) is 25.7 Å². The first kappa shape index (κ1) is 12.0. The Hall–Kier alpha value is -0.520. The molecule has 0 spiro atoms. The number of ether oxygens (including phenoxy) is 1. The molecule has 1 aliphatic rings. The zero-order valence-corrected chi connectivity index (χ0v) is 10.7. The van der Waals surface area contributed by atoms with Crippen LogP contribution < -0.4 is 5.32 Å². The topological polar surface area (TPSA) is 47.0 Å². The Bertz CT molecular complexity index is 329. The van der Waals surface area contributed by atoms with Crippen molar-refractivity contribution in [3.63, 3.8) is 0 Å². The average molecular weight is 241 g/mol. The third-order valence-corrected chi connectivity index (χ3v) is 4.02. The summed E-state index contributed by atoms with van der Waals surface area (Å²) in [5.41, 5.74) is 0. The summed E-state index contributed by atoms with van der Waals surface area (Å²) in [6.45, 7) is 4.90. The van der Waals surface area contributed by atoms with Crippen molar-refractivity contribution in [2.24, 2.45) is 5.92 Å². The van der Waals surface area contributed by atoms with E-state index >= 15 is 0 Å². The Morgan fingerprint density at radius 2 is 2.25 bits per heavy atom. The molecule has 90 valence electrons. The molecule has 2 atom stereocenters. The first-order valence-corrected chi connectivity index (χ1v) is 6.65. The molecule has 1 fully saturated rings. The van der Waals surface area contributed by atoms with E-state index in [1.165, 1.54) is 11.4 Å². The zero-order chi connectivity index (χ0) is 11.4. The van der Waals surface area contributed by atoms with Crippen LogP contribution in [0.4, 0.5) is 0 Å². The Kier molecular flexibility index (Phi) is 4.26. The van der Waals surface area contributed by atoms with Gasteiger partial charge in [0.15, 0.2) is 0 Å². The van der Waals surface area contributed by atoms with E-state index < -0.39 is 0 Å². The molecule has 1 saturated carbocycles. The van der Waals surface area contributed by atoms with E-state index in [0.29, 0.717) is 5.92 Å². The van der Waals surface area contributed by atoms with E-state index in [0.717, 1.165) is 37.0 Å². The predicted octanol–water partition coefficient (Wildman–Crippen LogP) is 1.44. The highest BCUT2D eigenvalue weighted by molar-refractivity contribution is 7.11. The molecule has 0 radical (unpaired) electrons. The van der Waals surface area contributed by atoms with Crippen LogP contribution >= 0.6 is 11.3 Å². The Morgan fingerprint density at radius 1 is 1.44 bits per heavy atom. The van der Waals surface area contributed by atoms with Gasteiger partial charge in [-0.3, -0.25) is 0 Å². The SMILES string of the molecule is COCCNCCc1nnc(C2CC2C)s1. The zero-order valence-electron chi connectivity index (χ0n) is 9.90. The number of hydrogen-bond acceptors (Lipinski definition) is 5. The summed E-state index contributed by atoms with van der Waals surface area (Å²) in [7, 11) is 1.72. The molecule has 0 aliphatic heterocycles. The molecule has 5 heteroatoms. The summed E-state index contributed by atoms with van der Waals surface area (Å²) >= 11 is 1.78. The van der Waals surface area contributed by atoms with Crippen molar-refractivity contribution >= 4 is 11.3 Å². The highest BCUT2D eigenvalue weighted by Crippen LogP contribution is 2.47. The van der Waals surface area contributed by atoms with Crippen LogP contribution in [0.5, 0.6) is 0 Å². The van der Waals surface area contributed by atoms with Gasteiger partial charge in [-0.2, -0.15) is 0 Å². The monoisotopic (exact) mass is 241 g/mol. The Labute approximate surface area is 100 Å². The molecule has 0 aromatic carbocycles. The van der Waals surface area contributed by atoms with E-state index in [1.807, 2.05) is 0 Å². The van der Waals surface area contributed by atoms with E-state index in [4.69, 9.17) is 4.74 Å². The standard InChI is InChI=1S/C11H19N3OS/c1-8-7-9(8)11-14-13-10(16-11)3-4-12-5-6-15-2/h8-9,12H,3-7H2,1-2H3. The number of methoxy groups -OCH3 is 1. The molecule has 2 rings (SSSR count). The van der Waals surface area contributed by atoms with Gasteiger partial charge in [0.25, 0.3) is 0 Å².